The van der Waals surface area contributed by atoms with Crippen LogP contribution < -0.4 is 4.72 Å². The van der Waals surface area contributed by atoms with Gasteiger partial charge in [-0.05, 0) is 38.0 Å². The van der Waals surface area contributed by atoms with Crippen molar-refractivity contribution in [2.45, 2.75) is 38.6 Å². The Labute approximate surface area is 151 Å². The largest absolute Gasteiger partial charge is 0.480 e. The summed E-state index contributed by atoms with van der Waals surface area (Å²) in [6.07, 6.45) is 0. The van der Waals surface area contributed by atoms with Crippen molar-refractivity contribution >= 4 is 32.9 Å². The second kappa shape index (κ2) is 7.46. The fourth-order valence-corrected chi connectivity index (χ4v) is 3.83. The van der Waals surface area contributed by atoms with Crippen LogP contribution in [-0.2, 0) is 19.6 Å². The zero-order valence-corrected chi connectivity index (χ0v) is 15.7. The van der Waals surface area contributed by atoms with Crippen molar-refractivity contribution in [3.63, 3.8) is 0 Å². The molecule has 1 aromatic carbocycles. The van der Waals surface area contributed by atoms with Gasteiger partial charge in [0.1, 0.15) is 11.6 Å². The Balaban J connectivity index is 2.46. The number of carboxylic acid groups (broad SMARTS) is 1. The van der Waals surface area contributed by atoms with Crippen molar-refractivity contribution in [1.82, 2.24) is 4.72 Å². The molecule has 2 aromatic rings. The molecule has 0 bridgehead atoms. The van der Waals surface area contributed by atoms with Gasteiger partial charge in [0.15, 0.2) is 0 Å². The zero-order chi connectivity index (χ0) is 19.6. The number of carbonyl (C=O) groups excluding carboxylic acids is 1. The highest BCUT2D eigenvalue weighted by atomic mass is 32.2. The summed E-state index contributed by atoms with van der Waals surface area (Å²) in [4.78, 5) is 23.0. The number of aryl methyl sites for hydroxylation is 1. The van der Waals surface area contributed by atoms with E-state index in [0.29, 0.717) is 16.5 Å². The summed E-state index contributed by atoms with van der Waals surface area (Å²) in [6, 6.07) is 2.81. The zero-order valence-electron chi connectivity index (χ0n) is 14.9. The third kappa shape index (κ3) is 3.88. The number of nitrogens with one attached hydrogen (secondary N) is 1. The number of hydrogen-bond donors (Lipinski definition) is 2. The first-order chi connectivity index (χ1) is 12.1. The molecule has 1 aromatic heterocycles. The average molecular weight is 383 g/mol. The molecule has 1 heterocycles. The van der Waals surface area contributed by atoms with Crippen molar-refractivity contribution in [2.75, 3.05) is 6.61 Å². The molecule has 0 aliphatic carbocycles. The van der Waals surface area contributed by atoms with E-state index in [9.17, 15) is 23.1 Å². The first-order valence-corrected chi connectivity index (χ1v) is 9.52. The Morgan fingerprint density at radius 2 is 1.96 bits per heavy atom. The van der Waals surface area contributed by atoms with Gasteiger partial charge in [0.05, 0.1) is 11.5 Å². The molecule has 0 unspecified atom stereocenters. The normalized spacial score (nSPS) is 13.1. The second-order valence-electron chi connectivity index (χ2n) is 6.12. The molecule has 0 radical (unpaired) electrons. The van der Waals surface area contributed by atoms with E-state index in [1.807, 2.05) is 0 Å². The van der Waals surface area contributed by atoms with Gasteiger partial charge >= 0.3 is 11.9 Å². The minimum absolute atomic E-state index is 0.00921. The van der Waals surface area contributed by atoms with Gasteiger partial charge in [0, 0.05) is 10.9 Å². The Morgan fingerprint density at radius 1 is 1.31 bits per heavy atom. The Morgan fingerprint density at radius 3 is 2.50 bits per heavy atom. The third-order valence-electron chi connectivity index (χ3n) is 3.89. The Hall–Kier alpha value is -2.39. The van der Waals surface area contributed by atoms with E-state index in [-0.39, 0.29) is 17.3 Å². The third-order valence-corrected chi connectivity index (χ3v) is 5.33. The minimum atomic E-state index is -4.07. The lowest BCUT2D eigenvalue weighted by Gasteiger charge is -2.18. The molecule has 0 spiro atoms. The summed E-state index contributed by atoms with van der Waals surface area (Å²) >= 11 is 0. The molecule has 9 heteroatoms. The van der Waals surface area contributed by atoms with Crippen molar-refractivity contribution in [3.8, 4) is 0 Å². The van der Waals surface area contributed by atoms with Gasteiger partial charge < -0.3 is 14.3 Å². The summed E-state index contributed by atoms with van der Waals surface area (Å²) in [6.45, 7) is 6.69. The molecule has 0 saturated heterocycles. The molecule has 26 heavy (non-hydrogen) atoms. The monoisotopic (exact) mass is 383 g/mol. The van der Waals surface area contributed by atoms with Crippen LogP contribution in [0.5, 0.6) is 0 Å². The fraction of sp³-hybridized carbons (Fsp3) is 0.412. The molecule has 0 amide bonds. The number of sulfonamides is 1. The lowest BCUT2D eigenvalue weighted by Crippen LogP contribution is -2.44. The number of carboxylic acids is 1. The maximum atomic E-state index is 12.6. The highest BCUT2D eigenvalue weighted by Crippen LogP contribution is 2.28. The summed E-state index contributed by atoms with van der Waals surface area (Å²) in [5.74, 6) is -2.31. The Kier molecular flexibility index (Phi) is 5.72. The van der Waals surface area contributed by atoms with Crippen LogP contribution in [0.25, 0.3) is 11.0 Å². The second-order valence-corrected chi connectivity index (χ2v) is 7.83. The lowest BCUT2D eigenvalue weighted by molar-refractivity contribution is -0.140. The topological polar surface area (TPSA) is 123 Å². The number of hydrogen-bond acceptors (Lipinski definition) is 6. The predicted molar refractivity (Wildman–Crippen MR) is 93.5 cm³/mol. The number of ether oxygens (including phenoxy) is 1. The number of rotatable bonds is 7. The van der Waals surface area contributed by atoms with Crippen molar-refractivity contribution in [2.24, 2.45) is 5.92 Å². The van der Waals surface area contributed by atoms with Crippen LogP contribution in [0.15, 0.2) is 27.5 Å². The number of aliphatic carboxylic acids is 1. The summed E-state index contributed by atoms with van der Waals surface area (Å²) in [5.41, 5.74) is 0.789. The van der Waals surface area contributed by atoms with E-state index >= 15 is 0 Å². The SMILES string of the molecule is CCOC(=O)c1oc2ccc(S(=O)(=O)N[C@@H](C(=O)O)C(C)C)cc2c1C. The standard InChI is InChI=1S/C17H21NO7S/c1-5-24-17(21)15-10(4)12-8-11(6-7-13(12)25-15)26(22,23)18-14(9(2)3)16(19)20/h6-9,14,18H,5H2,1-4H3,(H,19,20)/t14-/m1/s1. The van der Waals surface area contributed by atoms with Crippen LogP contribution in [0.1, 0.15) is 36.9 Å². The first-order valence-electron chi connectivity index (χ1n) is 8.04. The van der Waals surface area contributed by atoms with E-state index < -0.39 is 33.9 Å². The predicted octanol–water partition coefficient (Wildman–Crippen LogP) is 2.31. The van der Waals surface area contributed by atoms with Gasteiger partial charge in [-0.2, -0.15) is 4.72 Å². The van der Waals surface area contributed by atoms with Crippen molar-refractivity contribution in [1.29, 1.82) is 0 Å². The van der Waals surface area contributed by atoms with E-state index in [1.54, 1.807) is 27.7 Å². The fourth-order valence-electron chi connectivity index (χ4n) is 2.47. The summed E-state index contributed by atoms with van der Waals surface area (Å²) in [7, 11) is -4.07. The molecular weight excluding hydrogens is 362 g/mol. The van der Waals surface area contributed by atoms with Gasteiger partial charge in [-0.25, -0.2) is 13.2 Å². The molecule has 142 valence electrons. The van der Waals surface area contributed by atoms with Gasteiger partial charge in [-0.3, -0.25) is 4.79 Å². The molecule has 1 atom stereocenters. The molecule has 2 rings (SSSR count). The minimum Gasteiger partial charge on any atom is -0.480 e. The number of furan rings is 1. The summed E-state index contributed by atoms with van der Waals surface area (Å²) in [5, 5.41) is 9.63. The highest BCUT2D eigenvalue weighted by Gasteiger charge is 2.29. The molecular formula is C17H21NO7S. The van der Waals surface area contributed by atoms with Gasteiger partial charge in [0.2, 0.25) is 15.8 Å². The van der Waals surface area contributed by atoms with Gasteiger partial charge in [-0.15, -0.1) is 0 Å². The number of esters is 1. The van der Waals surface area contributed by atoms with E-state index in [0.717, 1.165) is 0 Å². The molecule has 0 fully saturated rings. The van der Waals surface area contributed by atoms with Crippen LogP contribution >= 0.6 is 0 Å². The first kappa shape index (κ1) is 19.9. The average Bonchev–Trinajstić information content (AvgIpc) is 2.89. The van der Waals surface area contributed by atoms with Crippen LogP contribution in [-0.4, -0.2) is 38.1 Å². The number of carbonyl (C=O) groups is 2. The van der Waals surface area contributed by atoms with E-state index in [2.05, 4.69) is 4.72 Å². The van der Waals surface area contributed by atoms with Crippen molar-refractivity contribution < 1.29 is 32.3 Å². The smallest absolute Gasteiger partial charge is 0.374 e. The van der Waals surface area contributed by atoms with E-state index in [4.69, 9.17) is 9.15 Å². The molecule has 2 N–H and O–H groups in total. The number of benzene rings is 1. The maximum Gasteiger partial charge on any atom is 0.374 e. The van der Waals surface area contributed by atoms with Crippen LogP contribution in [0.2, 0.25) is 0 Å². The van der Waals surface area contributed by atoms with E-state index in [1.165, 1.54) is 18.2 Å². The van der Waals surface area contributed by atoms with Crippen LogP contribution in [0, 0.1) is 12.8 Å². The maximum absolute atomic E-state index is 12.6. The Bertz CT molecular complexity index is 943. The van der Waals surface area contributed by atoms with Crippen LogP contribution in [0.3, 0.4) is 0 Å². The molecule has 8 nitrogen and oxygen atoms in total. The van der Waals surface area contributed by atoms with Crippen LogP contribution in [0.4, 0.5) is 0 Å². The number of fused-ring (bicyclic) bond motifs is 1. The van der Waals surface area contributed by atoms with Gasteiger partial charge in [-0.1, -0.05) is 13.8 Å². The highest BCUT2D eigenvalue weighted by molar-refractivity contribution is 7.89. The summed E-state index contributed by atoms with van der Waals surface area (Å²) < 4.78 is 37.7. The quantitative estimate of drug-likeness (QED) is 0.703. The van der Waals surface area contributed by atoms with Gasteiger partial charge in [0.25, 0.3) is 0 Å². The molecule has 0 aliphatic heterocycles. The molecule has 0 aliphatic rings. The molecule has 0 saturated carbocycles. The lowest BCUT2D eigenvalue weighted by atomic mass is 10.1. The van der Waals surface area contributed by atoms with Crippen molar-refractivity contribution in [3.05, 3.63) is 29.5 Å².